The Hall–Kier alpha value is -1.00. The molecule has 0 aliphatic heterocycles. The molecule has 0 aromatic carbocycles. The van der Waals surface area contributed by atoms with Crippen molar-refractivity contribution in [3.05, 3.63) is 26.6 Å². The van der Waals surface area contributed by atoms with Crippen LogP contribution in [0.25, 0.3) is 0 Å². The van der Waals surface area contributed by atoms with Crippen molar-refractivity contribution in [2.75, 3.05) is 0 Å². The highest BCUT2D eigenvalue weighted by atomic mass is 127. The largest absolute Gasteiger partial charge is 0.476 e. The summed E-state index contributed by atoms with van der Waals surface area (Å²) in [6, 6.07) is 0.477. The molecule has 0 amide bonds. The SMILES string of the molecule is O=C(O)c1nc(C(F)(F)F)c(C(F)F)cc1I. The molecule has 1 heterocycles. The zero-order valence-corrected chi connectivity index (χ0v) is 9.88. The Labute approximate surface area is 105 Å². The van der Waals surface area contributed by atoms with E-state index in [0.29, 0.717) is 6.07 Å². The van der Waals surface area contributed by atoms with Crippen LogP contribution in [-0.2, 0) is 6.18 Å². The summed E-state index contributed by atoms with van der Waals surface area (Å²) in [7, 11) is 0. The first-order valence-electron chi connectivity index (χ1n) is 3.93. The van der Waals surface area contributed by atoms with E-state index in [1.54, 1.807) is 0 Å². The molecule has 1 rings (SSSR count). The first-order chi connectivity index (χ1) is 7.64. The molecular formula is C8H3F5INO2. The monoisotopic (exact) mass is 367 g/mol. The average Bonchev–Trinajstić information content (AvgIpc) is 2.14. The summed E-state index contributed by atoms with van der Waals surface area (Å²) in [6.07, 6.45) is -8.50. The third kappa shape index (κ3) is 3.01. The van der Waals surface area contributed by atoms with Gasteiger partial charge in [-0.15, -0.1) is 0 Å². The smallest absolute Gasteiger partial charge is 0.433 e. The summed E-state index contributed by atoms with van der Waals surface area (Å²) in [5, 5.41) is 8.56. The van der Waals surface area contributed by atoms with E-state index < -0.39 is 35.5 Å². The van der Waals surface area contributed by atoms with Crippen molar-refractivity contribution in [2.24, 2.45) is 0 Å². The Bertz CT molecular complexity index is 460. The lowest BCUT2D eigenvalue weighted by atomic mass is 10.1. The fraction of sp³-hybridized carbons (Fsp3) is 0.250. The van der Waals surface area contributed by atoms with Crippen LogP contribution in [0.2, 0.25) is 0 Å². The van der Waals surface area contributed by atoms with Gasteiger partial charge in [-0.1, -0.05) is 0 Å². The number of carbonyl (C=O) groups is 1. The minimum absolute atomic E-state index is 0.279. The highest BCUT2D eigenvalue weighted by Gasteiger charge is 2.39. The number of carboxylic acid groups (broad SMARTS) is 1. The van der Waals surface area contributed by atoms with Gasteiger partial charge in [0.05, 0.1) is 0 Å². The van der Waals surface area contributed by atoms with Gasteiger partial charge in [-0.3, -0.25) is 0 Å². The van der Waals surface area contributed by atoms with Crippen molar-refractivity contribution in [1.29, 1.82) is 0 Å². The van der Waals surface area contributed by atoms with Crippen LogP contribution in [0.1, 0.15) is 28.2 Å². The van der Waals surface area contributed by atoms with Gasteiger partial charge >= 0.3 is 12.1 Å². The summed E-state index contributed by atoms with van der Waals surface area (Å²) in [6.45, 7) is 0. The molecule has 1 N–H and O–H groups in total. The van der Waals surface area contributed by atoms with E-state index >= 15 is 0 Å². The first kappa shape index (κ1) is 14.1. The van der Waals surface area contributed by atoms with Crippen LogP contribution in [0.3, 0.4) is 0 Å². The van der Waals surface area contributed by atoms with E-state index in [-0.39, 0.29) is 3.57 Å². The van der Waals surface area contributed by atoms with Crippen LogP contribution < -0.4 is 0 Å². The summed E-state index contributed by atoms with van der Waals surface area (Å²) in [5.74, 6) is -1.71. The van der Waals surface area contributed by atoms with Crippen molar-refractivity contribution >= 4 is 28.6 Å². The molecule has 3 nitrogen and oxygen atoms in total. The van der Waals surface area contributed by atoms with E-state index in [2.05, 4.69) is 4.98 Å². The molecule has 0 aliphatic rings. The molecule has 0 bridgehead atoms. The molecule has 0 unspecified atom stereocenters. The Morgan fingerprint density at radius 2 is 1.94 bits per heavy atom. The molecule has 0 saturated heterocycles. The molecule has 17 heavy (non-hydrogen) atoms. The molecule has 1 aromatic heterocycles. The number of hydrogen-bond donors (Lipinski definition) is 1. The highest BCUT2D eigenvalue weighted by Crippen LogP contribution is 2.36. The van der Waals surface area contributed by atoms with Crippen LogP contribution in [0.15, 0.2) is 6.07 Å². The number of nitrogens with zero attached hydrogens (tertiary/aromatic N) is 1. The van der Waals surface area contributed by atoms with Gasteiger partial charge in [0.15, 0.2) is 11.4 Å². The molecule has 0 fully saturated rings. The lowest BCUT2D eigenvalue weighted by Crippen LogP contribution is -2.17. The van der Waals surface area contributed by atoms with Gasteiger partial charge in [0.1, 0.15) is 0 Å². The maximum absolute atomic E-state index is 12.4. The topological polar surface area (TPSA) is 50.2 Å². The fourth-order valence-corrected chi connectivity index (χ4v) is 1.73. The van der Waals surface area contributed by atoms with Gasteiger partial charge in [0.25, 0.3) is 6.43 Å². The zero-order chi connectivity index (χ0) is 13.4. The molecular weight excluding hydrogens is 364 g/mol. The zero-order valence-electron chi connectivity index (χ0n) is 7.73. The predicted molar refractivity (Wildman–Crippen MR) is 53.9 cm³/mol. The second-order valence-corrected chi connectivity index (χ2v) is 4.02. The van der Waals surface area contributed by atoms with Crippen LogP contribution in [0.4, 0.5) is 22.0 Å². The van der Waals surface area contributed by atoms with E-state index in [1.165, 1.54) is 22.6 Å². The highest BCUT2D eigenvalue weighted by molar-refractivity contribution is 14.1. The van der Waals surface area contributed by atoms with Gasteiger partial charge < -0.3 is 5.11 Å². The Balaban J connectivity index is 3.54. The maximum atomic E-state index is 12.4. The Kier molecular flexibility index (Phi) is 3.89. The van der Waals surface area contributed by atoms with Crippen molar-refractivity contribution in [3.8, 4) is 0 Å². The average molecular weight is 367 g/mol. The summed E-state index contributed by atoms with van der Waals surface area (Å²) in [4.78, 5) is 13.3. The summed E-state index contributed by atoms with van der Waals surface area (Å²) >= 11 is 1.34. The first-order valence-corrected chi connectivity index (χ1v) is 5.01. The van der Waals surface area contributed by atoms with E-state index in [4.69, 9.17) is 5.11 Å². The van der Waals surface area contributed by atoms with E-state index in [1.807, 2.05) is 0 Å². The lowest BCUT2D eigenvalue weighted by Gasteiger charge is -2.12. The van der Waals surface area contributed by atoms with Crippen LogP contribution >= 0.6 is 22.6 Å². The maximum Gasteiger partial charge on any atom is 0.433 e. The van der Waals surface area contributed by atoms with Crippen LogP contribution in [-0.4, -0.2) is 16.1 Å². The second-order valence-electron chi connectivity index (χ2n) is 2.86. The van der Waals surface area contributed by atoms with Gasteiger partial charge in [0.2, 0.25) is 0 Å². The van der Waals surface area contributed by atoms with Crippen molar-refractivity contribution in [3.63, 3.8) is 0 Å². The Morgan fingerprint density at radius 3 is 2.29 bits per heavy atom. The van der Waals surface area contributed by atoms with Crippen LogP contribution in [0.5, 0.6) is 0 Å². The minimum atomic E-state index is -5.12. The number of rotatable bonds is 2. The normalized spacial score (nSPS) is 11.9. The number of aromatic nitrogens is 1. The quantitative estimate of drug-likeness (QED) is 0.645. The van der Waals surface area contributed by atoms with Crippen LogP contribution in [0, 0.1) is 3.57 Å². The molecule has 0 radical (unpaired) electrons. The molecule has 1 aromatic rings. The number of hydrogen-bond acceptors (Lipinski definition) is 2. The molecule has 0 aliphatic carbocycles. The van der Waals surface area contributed by atoms with E-state index in [9.17, 15) is 26.7 Å². The van der Waals surface area contributed by atoms with Gasteiger partial charge in [-0.05, 0) is 28.7 Å². The molecule has 0 atom stereocenters. The molecule has 94 valence electrons. The lowest BCUT2D eigenvalue weighted by molar-refractivity contribution is -0.143. The number of halogens is 6. The molecule has 0 spiro atoms. The van der Waals surface area contributed by atoms with Crippen molar-refractivity contribution in [2.45, 2.75) is 12.6 Å². The van der Waals surface area contributed by atoms with E-state index in [0.717, 1.165) is 0 Å². The number of carboxylic acids is 1. The van der Waals surface area contributed by atoms with Gasteiger partial charge in [-0.2, -0.15) is 13.2 Å². The summed E-state index contributed by atoms with van der Waals surface area (Å²) in [5.41, 5.74) is -4.10. The van der Waals surface area contributed by atoms with Crippen molar-refractivity contribution in [1.82, 2.24) is 4.98 Å². The number of aromatic carboxylic acids is 1. The number of pyridine rings is 1. The third-order valence-electron chi connectivity index (χ3n) is 1.71. The fourth-order valence-electron chi connectivity index (χ4n) is 1.05. The molecule has 0 saturated carbocycles. The van der Waals surface area contributed by atoms with Crippen molar-refractivity contribution < 1.29 is 31.9 Å². The third-order valence-corrected chi connectivity index (χ3v) is 2.53. The Morgan fingerprint density at radius 1 is 1.41 bits per heavy atom. The summed E-state index contributed by atoms with van der Waals surface area (Å²) < 4.78 is 61.7. The van der Waals surface area contributed by atoms with Gasteiger partial charge in [-0.25, -0.2) is 18.6 Å². The van der Waals surface area contributed by atoms with Gasteiger partial charge in [0, 0.05) is 9.13 Å². The predicted octanol–water partition coefficient (Wildman–Crippen LogP) is 3.34. The molecule has 9 heteroatoms. The number of alkyl halides is 5. The second kappa shape index (κ2) is 4.70. The standard InChI is InChI=1S/C8H3F5INO2/c9-6(10)2-1-3(14)4(7(16)17)15-5(2)8(11,12)13/h1,6H,(H,16,17). The minimum Gasteiger partial charge on any atom is -0.476 e.